The summed E-state index contributed by atoms with van der Waals surface area (Å²) in [6.45, 7) is 0.957. The van der Waals surface area contributed by atoms with Crippen molar-refractivity contribution in [3.8, 4) is 5.75 Å². The number of benzene rings is 1. The Labute approximate surface area is 78.1 Å². The first-order valence-electron chi connectivity index (χ1n) is 4.44. The molecule has 0 saturated carbocycles. The highest BCUT2D eigenvalue weighted by Crippen LogP contribution is 2.32. The van der Waals surface area contributed by atoms with Gasteiger partial charge in [-0.05, 0) is 30.8 Å². The van der Waals surface area contributed by atoms with Gasteiger partial charge in [0.15, 0.2) is 0 Å². The molecule has 1 unspecified atom stereocenters. The van der Waals surface area contributed by atoms with Crippen molar-refractivity contribution >= 4 is 5.69 Å². The normalized spacial score (nSPS) is 19.4. The van der Waals surface area contributed by atoms with Gasteiger partial charge in [-0.15, -0.1) is 0 Å². The molecule has 3 heteroatoms. The van der Waals surface area contributed by atoms with Gasteiger partial charge in [0, 0.05) is 12.2 Å². The van der Waals surface area contributed by atoms with Crippen LogP contribution in [0.15, 0.2) is 18.2 Å². The van der Waals surface area contributed by atoms with Crippen LogP contribution < -0.4 is 15.4 Å². The van der Waals surface area contributed by atoms with E-state index in [9.17, 15) is 0 Å². The van der Waals surface area contributed by atoms with Crippen LogP contribution in [0.5, 0.6) is 5.75 Å². The van der Waals surface area contributed by atoms with E-state index in [1.54, 1.807) is 7.11 Å². The fourth-order valence-electron chi connectivity index (χ4n) is 1.70. The molecule has 1 aliphatic heterocycles. The smallest absolute Gasteiger partial charge is 0.119 e. The third kappa shape index (κ3) is 1.35. The Morgan fingerprint density at radius 1 is 1.54 bits per heavy atom. The molecule has 0 bridgehead atoms. The van der Waals surface area contributed by atoms with Crippen molar-refractivity contribution in [2.45, 2.75) is 6.04 Å². The van der Waals surface area contributed by atoms with Gasteiger partial charge in [0.2, 0.25) is 0 Å². The minimum atomic E-state index is 0.407. The summed E-state index contributed by atoms with van der Waals surface area (Å²) in [5, 5.41) is 6.59. The van der Waals surface area contributed by atoms with Gasteiger partial charge in [-0.2, -0.15) is 0 Å². The van der Waals surface area contributed by atoms with E-state index in [-0.39, 0.29) is 0 Å². The maximum atomic E-state index is 5.18. The van der Waals surface area contributed by atoms with Crippen molar-refractivity contribution in [3.05, 3.63) is 23.8 Å². The van der Waals surface area contributed by atoms with Crippen LogP contribution >= 0.6 is 0 Å². The van der Waals surface area contributed by atoms with Crippen LogP contribution in [0, 0.1) is 0 Å². The lowest BCUT2D eigenvalue weighted by Gasteiger charge is -2.08. The Morgan fingerprint density at radius 3 is 3.08 bits per heavy atom. The lowest BCUT2D eigenvalue weighted by molar-refractivity contribution is 0.414. The Morgan fingerprint density at radius 2 is 2.38 bits per heavy atom. The van der Waals surface area contributed by atoms with Crippen molar-refractivity contribution in [1.82, 2.24) is 5.32 Å². The first kappa shape index (κ1) is 8.38. The van der Waals surface area contributed by atoms with E-state index in [4.69, 9.17) is 4.74 Å². The molecule has 1 aromatic carbocycles. The summed E-state index contributed by atoms with van der Waals surface area (Å²) in [7, 11) is 3.67. The van der Waals surface area contributed by atoms with E-state index in [2.05, 4.69) is 22.8 Å². The first-order chi connectivity index (χ1) is 6.35. The van der Waals surface area contributed by atoms with E-state index in [1.807, 2.05) is 13.1 Å². The largest absolute Gasteiger partial charge is 0.497 e. The fourth-order valence-corrected chi connectivity index (χ4v) is 1.70. The maximum Gasteiger partial charge on any atom is 0.119 e. The van der Waals surface area contributed by atoms with E-state index in [0.29, 0.717) is 6.04 Å². The number of hydrogen-bond acceptors (Lipinski definition) is 3. The van der Waals surface area contributed by atoms with Crippen LogP contribution in [0.1, 0.15) is 11.6 Å². The summed E-state index contributed by atoms with van der Waals surface area (Å²) in [6.07, 6.45) is 0. The zero-order valence-electron chi connectivity index (χ0n) is 7.92. The summed E-state index contributed by atoms with van der Waals surface area (Å²) >= 11 is 0. The highest BCUT2D eigenvalue weighted by atomic mass is 16.5. The topological polar surface area (TPSA) is 33.3 Å². The molecular formula is C10H14N2O. The van der Waals surface area contributed by atoms with Crippen LogP contribution in [-0.4, -0.2) is 20.7 Å². The molecule has 0 aromatic heterocycles. The molecule has 13 heavy (non-hydrogen) atoms. The average Bonchev–Trinajstić information content (AvgIpc) is 2.59. The van der Waals surface area contributed by atoms with Crippen molar-refractivity contribution in [1.29, 1.82) is 0 Å². The summed E-state index contributed by atoms with van der Waals surface area (Å²) in [6, 6.07) is 6.52. The van der Waals surface area contributed by atoms with Gasteiger partial charge in [-0.1, -0.05) is 0 Å². The standard InChI is InChI=1S/C10H14N2O/c1-11-10-6-12-9-4-3-7(13-2)5-8(9)10/h3-5,10-12H,6H2,1-2H3. The van der Waals surface area contributed by atoms with Gasteiger partial charge < -0.3 is 15.4 Å². The predicted octanol–water partition coefficient (Wildman–Crippen LogP) is 1.38. The zero-order valence-corrected chi connectivity index (χ0v) is 7.92. The highest BCUT2D eigenvalue weighted by Gasteiger charge is 2.20. The van der Waals surface area contributed by atoms with E-state index in [1.165, 1.54) is 11.3 Å². The molecule has 0 saturated heterocycles. The van der Waals surface area contributed by atoms with Gasteiger partial charge >= 0.3 is 0 Å². The molecule has 1 aliphatic rings. The van der Waals surface area contributed by atoms with E-state index < -0.39 is 0 Å². The van der Waals surface area contributed by atoms with Crippen LogP contribution in [0.3, 0.4) is 0 Å². The highest BCUT2D eigenvalue weighted by molar-refractivity contribution is 5.59. The van der Waals surface area contributed by atoms with E-state index in [0.717, 1.165) is 12.3 Å². The predicted molar refractivity (Wildman–Crippen MR) is 53.3 cm³/mol. The molecule has 0 fully saturated rings. The lowest BCUT2D eigenvalue weighted by Crippen LogP contribution is -2.17. The third-order valence-electron chi connectivity index (χ3n) is 2.48. The summed E-state index contributed by atoms with van der Waals surface area (Å²) in [5.41, 5.74) is 2.50. The SMILES string of the molecule is CNC1CNc2ccc(OC)cc21. The Hall–Kier alpha value is -1.22. The van der Waals surface area contributed by atoms with Crippen molar-refractivity contribution < 1.29 is 4.74 Å². The number of hydrogen-bond donors (Lipinski definition) is 2. The van der Waals surface area contributed by atoms with Crippen LogP contribution in [0.4, 0.5) is 5.69 Å². The molecule has 70 valence electrons. The van der Waals surface area contributed by atoms with Gasteiger partial charge in [-0.25, -0.2) is 0 Å². The number of nitrogens with one attached hydrogen (secondary N) is 2. The van der Waals surface area contributed by atoms with Crippen LogP contribution in [-0.2, 0) is 0 Å². The number of methoxy groups -OCH3 is 1. The van der Waals surface area contributed by atoms with Gasteiger partial charge in [0.25, 0.3) is 0 Å². The Balaban J connectivity index is 2.37. The molecule has 1 aromatic rings. The van der Waals surface area contributed by atoms with E-state index >= 15 is 0 Å². The average molecular weight is 178 g/mol. The molecule has 0 radical (unpaired) electrons. The molecular weight excluding hydrogens is 164 g/mol. The summed E-state index contributed by atoms with van der Waals surface area (Å²) in [4.78, 5) is 0. The number of likely N-dealkylation sites (N-methyl/N-ethyl adjacent to an activating group) is 1. The number of rotatable bonds is 2. The summed E-state index contributed by atoms with van der Waals surface area (Å²) in [5.74, 6) is 0.919. The molecule has 0 spiro atoms. The second-order valence-corrected chi connectivity index (χ2v) is 3.18. The monoisotopic (exact) mass is 178 g/mol. The van der Waals surface area contributed by atoms with Gasteiger partial charge in [0.1, 0.15) is 5.75 Å². The fraction of sp³-hybridized carbons (Fsp3) is 0.400. The Bertz CT molecular complexity index is 312. The second kappa shape index (κ2) is 3.26. The van der Waals surface area contributed by atoms with Crippen molar-refractivity contribution in [2.24, 2.45) is 0 Å². The Kier molecular flexibility index (Phi) is 2.10. The minimum Gasteiger partial charge on any atom is -0.497 e. The molecule has 1 atom stereocenters. The van der Waals surface area contributed by atoms with Gasteiger partial charge in [-0.3, -0.25) is 0 Å². The quantitative estimate of drug-likeness (QED) is 0.717. The van der Waals surface area contributed by atoms with Crippen LogP contribution in [0.2, 0.25) is 0 Å². The molecule has 3 nitrogen and oxygen atoms in total. The molecule has 0 aliphatic carbocycles. The van der Waals surface area contributed by atoms with Crippen LogP contribution in [0.25, 0.3) is 0 Å². The molecule has 2 rings (SSSR count). The minimum absolute atomic E-state index is 0.407. The maximum absolute atomic E-state index is 5.18. The first-order valence-corrected chi connectivity index (χ1v) is 4.44. The second-order valence-electron chi connectivity index (χ2n) is 3.18. The molecule has 0 amide bonds. The lowest BCUT2D eigenvalue weighted by atomic mass is 10.1. The third-order valence-corrected chi connectivity index (χ3v) is 2.48. The number of ether oxygens (including phenoxy) is 1. The molecule has 1 heterocycles. The van der Waals surface area contributed by atoms with Gasteiger partial charge in [0.05, 0.1) is 13.2 Å². The van der Waals surface area contributed by atoms with Crippen molar-refractivity contribution in [3.63, 3.8) is 0 Å². The number of fused-ring (bicyclic) bond motifs is 1. The molecule has 2 N–H and O–H groups in total. The van der Waals surface area contributed by atoms with Crippen molar-refractivity contribution in [2.75, 3.05) is 26.0 Å². The summed E-state index contributed by atoms with van der Waals surface area (Å²) < 4.78 is 5.18. The number of anilines is 1. The zero-order chi connectivity index (χ0) is 9.26.